The molecule has 2 N–H and O–H groups in total. The predicted octanol–water partition coefficient (Wildman–Crippen LogP) is 6.01. The third kappa shape index (κ3) is 6.88. The highest BCUT2D eigenvalue weighted by Gasteiger charge is 2.30. The topological polar surface area (TPSA) is 58.2 Å². The van der Waals surface area contributed by atoms with Gasteiger partial charge in [-0.2, -0.15) is 13.2 Å². The van der Waals surface area contributed by atoms with Crippen LogP contribution in [0.2, 0.25) is 0 Å². The number of alkyl halides is 3. The summed E-state index contributed by atoms with van der Waals surface area (Å²) in [6.07, 6.45) is -4.24. The summed E-state index contributed by atoms with van der Waals surface area (Å²) in [5.41, 5.74) is 0.755. The smallest absolute Gasteiger partial charge is 0.326 e. The Morgan fingerprint density at radius 3 is 2.22 bits per heavy atom. The van der Waals surface area contributed by atoms with Crippen LogP contribution in [0.25, 0.3) is 0 Å². The van der Waals surface area contributed by atoms with Crippen LogP contribution < -0.4 is 10.6 Å². The fraction of sp³-hybridized carbons (Fsp3) is 0.167. The molecule has 1 unspecified atom stereocenters. The van der Waals surface area contributed by atoms with Gasteiger partial charge in [0.05, 0.1) is 17.2 Å². The minimum absolute atomic E-state index is 0.0826. The molecule has 3 rings (SSSR count). The highest BCUT2D eigenvalue weighted by molar-refractivity contribution is 8.00. The number of carbonyl (C=O) groups excluding carboxylic acids is 2. The molecular formula is C24H21F3N2O2S. The van der Waals surface area contributed by atoms with Gasteiger partial charge in [-0.3, -0.25) is 9.59 Å². The van der Waals surface area contributed by atoms with Crippen molar-refractivity contribution >= 4 is 35.0 Å². The van der Waals surface area contributed by atoms with E-state index in [-0.39, 0.29) is 18.0 Å². The monoisotopic (exact) mass is 458 g/mol. The summed E-state index contributed by atoms with van der Waals surface area (Å²) in [5, 5.41) is 4.78. The molecule has 0 aliphatic heterocycles. The summed E-state index contributed by atoms with van der Waals surface area (Å²) in [5.74, 6) is -0.582. The quantitative estimate of drug-likeness (QED) is 0.427. The lowest BCUT2D eigenvalue weighted by Gasteiger charge is -2.14. The third-order valence-corrected chi connectivity index (χ3v) is 5.56. The summed E-state index contributed by atoms with van der Waals surface area (Å²) in [6.45, 7) is 1.66. The maximum atomic E-state index is 12.9. The Morgan fingerprint density at radius 1 is 0.875 bits per heavy atom. The molecular weight excluding hydrogens is 437 g/mol. The molecule has 0 aliphatic rings. The van der Waals surface area contributed by atoms with Gasteiger partial charge in [0.1, 0.15) is 0 Å². The second kappa shape index (κ2) is 10.4. The predicted molar refractivity (Wildman–Crippen MR) is 121 cm³/mol. The number of halogens is 3. The Kier molecular flexibility index (Phi) is 7.58. The minimum atomic E-state index is -4.48. The molecule has 166 valence electrons. The van der Waals surface area contributed by atoms with Crippen LogP contribution in [-0.2, 0) is 22.2 Å². The van der Waals surface area contributed by atoms with Crippen LogP contribution in [0.4, 0.5) is 24.5 Å². The number of anilines is 2. The minimum Gasteiger partial charge on any atom is -0.326 e. The van der Waals surface area contributed by atoms with Crippen molar-refractivity contribution in [1.29, 1.82) is 0 Å². The van der Waals surface area contributed by atoms with Crippen molar-refractivity contribution in [1.82, 2.24) is 0 Å². The maximum absolute atomic E-state index is 12.9. The Morgan fingerprint density at radius 2 is 1.53 bits per heavy atom. The van der Waals surface area contributed by atoms with E-state index in [1.165, 1.54) is 23.9 Å². The molecule has 0 spiro atoms. The second-order valence-corrected chi connectivity index (χ2v) is 8.48. The van der Waals surface area contributed by atoms with E-state index in [4.69, 9.17) is 0 Å². The van der Waals surface area contributed by atoms with E-state index >= 15 is 0 Å². The van der Waals surface area contributed by atoms with Gasteiger partial charge < -0.3 is 10.6 Å². The average molecular weight is 459 g/mol. The van der Waals surface area contributed by atoms with Gasteiger partial charge in [-0.15, -0.1) is 11.8 Å². The Balaban J connectivity index is 1.58. The summed E-state index contributed by atoms with van der Waals surface area (Å²) in [7, 11) is 0. The van der Waals surface area contributed by atoms with Crippen LogP contribution >= 0.6 is 11.8 Å². The molecule has 8 heteroatoms. The zero-order valence-corrected chi connectivity index (χ0v) is 18.0. The first-order valence-corrected chi connectivity index (χ1v) is 10.7. The van der Waals surface area contributed by atoms with Gasteiger partial charge in [-0.25, -0.2) is 0 Å². The first kappa shape index (κ1) is 23.4. The standard InChI is InChI=1S/C24H21F3N2O2S/c1-16(23(31)29-19-10-5-9-18(14-19)24(25,26)27)32-21-12-6-11-20(15-21)28-22(30)13-17-7-3-2-4-8-17/h2-12,14-16H,13H2,1H3,(H,28,30)(H,29,31). The largest absolute Gasteiger partial charge is 0.416 e. The summed E-state index contributed by atoms with van der Waals surface area (Å²) < 4.78 is 38.6. The fourth-order valence-corrected chi connectivity index (χ4v) is 3.83. The molecule has 3 aromatic carbocycles. The average Bonchev–Trinajstić information content (AvgIpc) is 2.74. The second-order valence-electron chi connectivity index (χ2n) is 7.07. The Hall–Kier alpha value is -3.26. The van der Waals surface area contributed by atoms with Crippen molar-refractivity contribution in [2.24, 2.45) is 0 Å². The molecule has 0 aromatic heterocycles. The van der Waals surface area contributed by atoms with Crippen molar-refractivity contribution in [3.05, 3.63) is 90.0 Å². The lowest BCUT2D eigenvalue weighted by Crippen LogP contribution is -2.22. The highest BCUT2D eigenvalue weighted by atomic mass is 32.2. The lowest BCUT2D eigenvalue weighted by molar-refractivity contribution is -0.137. The number of hydrogen-bond acceptors (Lipinski definition) is 3. The molecule has 0 saturated carbocycles. The van der Waals surface area contributed by atoms with E-state index in [0.717, 1.165) is 22.6 Å². The van der Waals surface area contributed by atoms with Crippen molar-refractivity contribution in [2.45, 2.75) is 29.7 Å². The molecule has 0 saturated heterocycles. The summed E-state index contributed by atoms with van der Waals surface area (Å²) >= 11 is 1.24. The molecule has 0 fully saturated rings. The fourth-order valence-electron chi connectivity index (χ4n) is 2.91. The van der Waals surface area contributed by atoms with Crippen LogP contribution in [0, 0.1) is 0 Å². The van der Waals surface area contributed by atoms with E-state index in [1.54, 1.807) is 31.2 Å². The summed E-state index contributed by atoms with van der Waals surface area (Å²) in [6, 6.07) is 20.9. The third-order valence-electron chi connectivity index (χ3n) is 4.46. The van der Waals surface area contributed by atoms with Crippen molar-refractivity contribution in [2.75, 3.05) is 10.6 Å². The zero-order chi connectivity index (χ0) is 23.1. The van der Waals surface area contributed by atoms with Gasteiger partial charge in [-0.05, 0) is 48.9 Å². The SMILES string of the molecule is CC(Sc1cccc(NC(=O)Cc2ccccc2)c1)C(=O)Nc1cccc(C(F)(F)F)c1. The van der Waals surface area contributed by atoms with Gasteiger partial charge in [0, 0.05) is 16.3 Å². The molecule has 0 bridgehead atoms. The molecule has 3 aromatic rings. The molecule has 4 nitrogen and oxygen atoms in total. The van der Waals surface area contributed by atoms with Gasteiger partial charge >= 0.3 is 6.18 Å². The number of hydrogen-bond donors (Lipinski definition) is 2. The molecule has 0 aliphatic carbocycles. The van der Waals surface area contributed by atoms with E-state index in [0.29, 0.717) is 5.69 Å². The van der Waals surface area contributed by atoms with Crippen LogP contribution in [0.3, 0.4) is 0 Å². The number of amides is 2. The van der Waals surface area contributed by atoms with Crippen LogP contribution in [0.15, 0.2) is 83.8 Å². The van der Waals surface area contributed by atoms with Crippen LogP contribution in [0.1, 0.15) is 18.1 Å². The van der Waals surface area contributed by atoms with E-state index < -0.39 is 22.9 Å². The van der Waals surface area contributed by atoms with Crippen LogP contribution in [0.5, 0.6) is 0 Å². The first-order chi connectivity index (χ1) is 15.2. The normalized spacial score (nSPS) is 12.1. The van der Waals surface area contributed by atoms with Gasteiger partial charge in [0.2, 0.25) is 11.8 Å². The number of benzene rings is 3. The molecule has 2 amide bonds. The molecule has 0 radical (unpaired) electrons. The number of rotatable bonds is 7. The van der Waals surface area contributed by atoms with E-state index in [1.807, 2.05) is 30.3 Å². The van der Waals surface area contributed by atoms with Gasteiger partial charge in [0.15, 0.2) is 0 Å². The Labute approximate surface area is 188 Å². The lowest BCUT2D eigenvalue weighted by atomic mass is 10.1. The molecule has 1 atom stereocenters. The maximum Gasteiger partial charge on any atom is 0.416 e. The highest BCUT2D eigenvalue weighted by Crippen LogP contribution is 2.31. The van der Waals surface area contributed by atoms with E-state index in [9.17, 15) is 22.8 Å². The van der Waals surface area contributed by atoms with Crippen molar-refractivity contribution < 1.29 is 22.8 Å². The van der Waals surface area contributed by atoms with Crippen LogP contribution in [-0.4, -0.2) is 17.1 Å². The Bertz CT molecular complexity index is 1090. The number of carbonyl (C=O) groups is 2. The van der Waals surface area contributed by atoms with E-state index in [2.05, 4.69) is 10.6 Å². The summed E-state index contributed by atoms with van der Waals surface area (Å²) in [4.78, 5) is 25.5. The van der Waals surface area contributed by atoms with Gasteiger partial charge in [0.25, 0.3) is 0 Å². The van der Waals surface area contributed by atoms with Gasteiger partial charge in [-0.1, -0.05) is 42.5 Å². The number of nitrogens with one attached hydrogen (secondary N) is 2. The molecule has 32 heavy (non-hydrogen) atoms. The first-order valence-electron chi connectivity index (χ1n) is 9.79. The van der Waals surface area contributed by atoms with Crippen molar-refractivity contribution in [3.63, 3.8) is 0 Å². The van der Waals surface area contributed by atoms with Crippen molar-refractivity contribution in [3.8, 4) is 0 Å². The zero-order valence-electron chi connectivity index (χ0n) is 17.1. The molecule has 0 heterocycles. The number of thioether (sulfide) groups is 1.